The van der Waals surface area contributed by atoms with Crippen LogP contribution in [0.5, 0.6) is 5.75 Å². The van der Waals surface area contributed by atoms with Gasteiger partial charge in [0.25, 0.3) is 0 Å². The number of hydrogen-bond acceptors (Lipinski definition) is 5. The third kappa shape index (κ3) is 4.15. The van der Waals surface area contributed by atoms with Crippen LogP contribution in [0.25, 0.3) is 11.0 Å². The molecule has 7 nitrogen and oxygen atoms in total. The van der Waals surface area contributed by atoms with Crippen molar-refractivity contribution in [3.05, 3.63) is 54.3 Å². The summed E-state index contributed by atoms with van der Waals surface area (Å²) in [6.45, 7) is 0. The van der Waals surface area contributed by atoms with Crippen molar-refractivity contribution in [2.75, 3.05) is 23.4 Å². The summed E-state index contributed by atoms with van der Waals surface area (Å²) in [6, 6.07) is 12.0. The smallest absolute Gasteiger partial charge is 0.229 e. The van der Waals surface area contributed by atoms with Crippen LogP contribution in [0.15, 0.2) is 53.1 Å². The molecule has 0 radical (unpaired) electrons. The van der Waals surface area contributed by atoms with Gasteiger partial charge < -0.3 is 14.5 Å². The molecule has 0 fully saturated rings. The van der Waals surface area contributed by atoms with Crippen LogP contribution in [0.2, 0.25) is 0 Å². The molecule has 3 aromatic rings. The maximum absolute atomic E-state index is 12.4. The van der Waals surface area contributed by atoms with Crippen molar-refractivity contribution in [2.45, 2.75) is 6.42 Å². The predicted octanol–water partition coefficient (Wildman–Crippen LogP) is 2.99. The molecule has 0 atom stereocenters. The molecule has 0 aliphatic carbocycles. The molecule has 1 aromatic heterocycles. The zero-order valence-corrected chi connectivity index (χ0v) is 15.1. The van der Waals surface area contributed by atoms with Crippen LogP contribution >= 0.6 is 0 Å². The van der Waals surface area contributed by atoms with Crippen molar-refractivity contribution in [3.8, 4) is 5.75 Å². The number of rotatable bonds is 6. The van der Waals surface area contributed by atoms with Gasteiger partial charge in [0.05, 0.1) is 37.4 Å². The molecule has 136 valence electrons. The van der Waals surface area contributed by atoms with E-state index in [4.69, 9.17) is 9.15 Å². The lowest BCUT2D eigenvalue weighted by Crippen LogP contribution is -2.17. The molecule has 2 N–H and O–H groups in total. The van der Waals surface area contributed by atoms with Crippen LogP contribution in [0.4, 0.5) is 11.4 Å². The SMILES string of the molecule is COc1ccc2c(CC(=O)Nc3ccccc3NS(C)(=O)=O)coc2c1. The van der Waals surface area contributed by atoms with E-state index in [-0.39, 0.29) is 12.3 Å². The van der Waals surface area contributed by atoms with Crippen molar-refractivity contribution >= 4 is 38.3 Å². The van der Waals surface area contributed by atoms with Gasteiger partial charge in [0.15, 0.2) is 0 Å². The Balaban J connectivity index is 1.78. The first-order valence-corrected chi connectivity index (χ1v) is 9.65. The molecule has 0 saturated carbocycles. The zero-order chi connectivity index (χ0) is 18.7. The number of carbonyl (C=O) groups is 1. The monoisotopic (exact) mass is 374 g/mol. The van der Waals surface area contributed by atoms with Gasteiger partial charge in [-0.2, -0.15) is 0 Å². The standard InChI is InChI=1S/C18H18N2O5S/c1-24-13-7-8-14-12(11-25-17(14)10-13)9-18(21)19-15-5-3-4-6-16(15)20-26(2,22)23/h3-8,10-11,20H,9H2,1-2H3,(H,19,21). The number of para-hydroxylation sites is 2. The summed E-state index contributed by atoms with van der Waals surface area (Å²) in [5.41, 5.74) is 2.06. The van der Waals surface area contributed by atoms with E-state index in [2.05, 4.69) is 10.0 Å². The Kier molecular flexibility index (Phi) is 4.85. The minimum Gasteiger partial charge on any atom is -0.497 e. The van der Waals surface area contributed by atoms with Gasteiger partial charge >= 0.3 is 0 Å². The highest BCUT2D eigenvalue weighted by Crippen LogP contribution is 2.27. The molecule has 0 unspecified atom stereocenters. The van der Waals surface area contributed by atoms with E-state index in [1.807, 2.05) is 6.07 Å². The molecule has 0 saturated heterocycles. The molecule has 0 bridgehead atoms. The maximum Gasteiger partial charge on any atom is 0.229 e. The number of anilines is 2. The van der Waals surface area contributed by atoms with Gasteiger partial charge in [-0.25, -0.2) is 8.42 Å². The molecule has 8 heteroatoms. The van der Waals surface area contributed by atoms with Crippen LogP contribution in [0.3, 0.4) is 0 Å². The number of carbonyl (C=O) groups excluding carboxylic acids is 1. The lowest BCUT2D eigenvalue weighted by atomic mass is 10.1. The summed E-state index contributed by atoms with van der Waals surface area (Å²) in [5, 5.41) is 3.55. The topological polar surface area (TPSA) is 97.6 Å². The summed E-state index contributed by atoms with van der Waals surface area (Å²) in [5.74, 6) is 0.384. The molecule has 2 aromatic carbocycles. The van der Waals surface area contributed by atoms with Crippen LogP contribution in [0.1, 0.15) is 5.56 Å². The zero-order valence-electron chi connectivity index (χ0n) is 14.3. The van der Waals surface area contributed by atoms with Gasteiger partial charge in [-0.15, -0.1) is 0 Å². The van der Waals surface area contributed by atoms with Gasteiger partial charge in [0.1, 0.15) is 11.3 Å². The maximum atomic E-state index is 12.4. The Bertz CT molecular complexity index is 1060. The normalized spacial score (nSPS) is 11.3. The minimum absolute atomic E-state index is 0.0898. The summed E-state index contributed by atoms with van der Waals surface area (Å²) >= 11 is 0. The summed E-state index contributed by atoms with van der Waals surface area (Å²) < 4.78 is 35.9. The number of furan rings is 1. The first-order valence-electron chi connectivity index (χ1n) is 7.76. The molecular formula is C18H18N2O5S. The van der Waals surface area contributed by atoms with E-state index in [0.29, 0.717) is 22.7 Å². The van der Waals surface area contributed by atoms with E-state index in [1.165, 1.54) is 6.26 Å². The summed E-state index contributed by atoms with van der Waals surface area (Å²) in [4.78, 5) is 12.4. The third-order valence-electron chi connectivity index (χ3n) is 3.71. The average molecular weight is 374 g/mol. The molecule has 1 heterocycles. The van der Waals surface area contributed by atoms with Crippen LogP contribution in [0, 0.1) is 0 Å². The Morgan fingerprint density at radius 3 is 2.58 bits per heavy atom. The van der Waals surface area contributed by atoms with Gasteiger partial charge in [0.2, 0.25) is 15.9 Å². The highest BCUT2D eigenvalue weighted by atomic mass is 32.2. The van der Waals surface area contributed by atoms with Crippen molar-refractivity contribution in [1.29, 1.82) is 0 Å². The summed E-state index contributed by atoms with van der Waals surface area (Å²) in [6.07, 6.45) is 2.67. The van der Waals surface area contributed by atoms with Crippen LogP contribution < -0.4 is 14.8 Å². The Hall–Kier alpha value is -3.00. The molecule has 26 heavy (non-hydrogen) atoms. The van der Waals surface area contributed by atoms with Crippen molar-refractivity contribution in [2.24, 2.45) is 0 Å². The number of methoxy groups -OCH3 is 1. The van der Waals surface area contributed by atoms with E-state index in [1.54, 1.807) is 43.5 Å². The highest BCUT2D eigenvalue weighted by molar-refractivity contribution is 7.92. The number of fused-ring (bicyclic) bond motifs is 1. The van der Waals surface area contributed by atoms with Gasteiger partial charge in [-0.1, -0.05) is 12.1 Å². The highest BCUT2D eigenvalue weighted by Gasteiger charge is 2.14. The number of benzene rings is 2. The quantitative estimate of drug-likeness (QED) is 0.691. The summed E-state index contributed by atoms with van der Waals surface area (Å²) in [7, 11) is -1.88. The molecule has 0 spiro atoms. The predicted molar refractivity (Wildman–Crippen MR) is 100 cm³/mol. The second-order valence-electron chi connectivity index (χ2n) is 5.77. The van der Waals surface area contributed by atoms with E-state index in [0.717, 1.165) is 17.2 Å². The van der Waals surface area contributed by atoms with E-state index < -0.39 is 10.0 Å². The second-order valence-corrected chi connectivity index (χ2v) is 7.52. The second kappa shape index (κ2) is 7.09. The fourth-order valence-corrected chi connectivity index (χ4v) is 3.15. The van der Waals surface area contributed by atoms with Crippen molar-refractivity contribution in [1.82, 2.24) is 0 Å². The molecule has 0 aliphatic rings. The Morgan fingerprint density at radius 1 is 1.15 bits per heavy atom. The number of amides is 1. The van der Waals surface area contributed by atoms with E-state index >= 15 is 0 Å². The van der Waals surface area contributed by atoms with Gasteiger partial charge in [-0.05, 0) is 24.3 Å². The number of sulfonamides is 1. The number of ether oxygens (including phenoxy) is 1. The molecule has 1 amide bonds. The first-order chi connectivity index (χ1) is 12.4. The van der Waals surface area contributed by atoms with Crippen LogP contribution in [-0.4, -0.2) is 27.7 Å². The van der Waals surface area contributed by atoms with Crippen molar-refractivity contribution < 1.29 is 22.4 Å². The number of hydrogen-bond donors (Lipinski definition) is 2. The fourth-order valence-electron chi connectivity index (χ4n) is 2.58. The van der Waals surface area contributed by atoms with E-state index in [9.17, 15) is 13.2 Å². The largest absolute Gasteiger partial charge is 0.497 e. The van der Waals surface area contributed by atoms with Gasteiger partial charge in [0, 0.05) is 17.0 Å². The Morgan fingerprint density at radius 2 is 1.88 bits per heavy atom. The average Bonchev–Trinajstić information content (AvgIpc) is 2.97. The molecular weight excluding hydrogens is 356 g/mol. The van der Waals surface area contributed by atoms with Crippen LogP contribution in [-0.2, 0) is 21.2 Å². The van der Waals surface area contributed by atoms with Crippen molar-refractivity contribution in [3.63, 3.8) is 0 Å². The minimum atomic E-state index is -3.45. The lowest BCUT2D eigenvalue weighted by molar-refractivity contribution is -0.115. The molecule has 3 rings (SSSR count). The fraction of sp³-hybridized carbons (Fsp3) is 0.167. The molecule has 0 aliphatic heterocycles. The lowest BCUT2D eigenvalue weighted by Gasteiger charge is -2.11. The number of nitrogens with one attached hydrogen (secondary N) is 2. The first kappa shape index (κ1) is 17.8. The Labute approximate surface area is 151 Å². The third-order valence-corrected chi connectivity index (χ3v) is 4.30. The van der Waals surface area contributed by atoms with Gasteiger partial charge in [-0.3, -0.25) is 9.52 Å².